The maximum absolute atomic E-state index is 15.3. The van der Waals surface area contributed by atoms with Crippen LogP contribution in [0.1, 0.15) is 10.4 Å². The van der Waals surface area contributed by atoms with E-state index in [0.717, 1.165) is 0 Å². The standard InChI is InChI=1S/C19H19ClFN5O3S/c1-24-5-7-25(8-6-24)30(28,29)23-16-3-2-4-17(18(16)21)26-11-13(12-27)15-9-14(20)10-22-19(15)26/h2-4,9-12,23H,5-8H2,1H3. The minimum absolute atomic E-state index is 0.0569. The molecule has 30 heavy (non-hydrogen) atoms. The molecule has 0 amide bonds. The maximum Gasteiger partial charge on any atom is 0.301 e. The van der Waals surface area contributed by atoms with Crippen molar-refractivity contribution in [3.05, 3.63) is 53.1 Å². The molecule has 3 aromatic rings. The van der Waals surface area contributed by atoms with Crippen LogP contribution in [0.15, 0.2) is 36.7 Å². The van der Waals surface area contributed by atoms with Gasteiger partial charge in [-0.2, -0.15) is 12.7 Å². The normalized spacial score (nSPS) is 16.1. The largest absolute Gasteiger partial charge is 0.304 e. The number of likely N-dealkylation sites (N-methyl/N-ethyl adjacent to an activating group) is 1. The van der Waals surface area contributed by atoms with Crippen molar-refractivity contribution < 1.29 is 17.6 Å². The fourth-order valence-electron chi connectivity index (χ4n) is 3.40. The first-order valence-electron chi connectivity index (χ1n) is 9.17. The molecule has 8 nitrogen and oxygen atoms in total. The summed E-state index contributed by atoms with van der Waals surface area (Å²) >= 11 is 5.97. The van der Waals surface area contributed by atoms with Crippen LogP contribution in [0.2, 0.25) is 5.02 Å². The van der Waals surface area contributed by atoms with Crippen LogP contribution in [0.4, 0.5) is 10.1 Å². The number of piperazine rings is 1. The zero-order valence-corrected chi connectivity index (χ0v) is 17.6. The molecule has 158 valence electrons. The number of benzene rings is 1. The third kappa shape index (κ3) is 3.79. The third-order valence-electron chi connectivity index (χ3n) is 5.05. The molecule has 1 aromatic carbocycles. The van der Waals surface area contributed by atoms with Crippen molar-refractivity contribution in [2.45, 2.75) is 0 Å². The molecule has 1 aliphatic heterocycles. The highest BCUT2D eigenvalue weighted by Gasteiger charge is 2.27. The topological polar surface area (TPSA) is 87.5 Å². The van der Waals surface area contributed by atoms with Gasteiger partial charge in [-0.05, 0) is 25.2 Å². The molecule has 11 heteroatoms. The fraction of sp³-hybridized carbons (Fsp3) is 0.263. The first-order chi connectivity index (χ1) is 14.3. The molecule has 0 aliphatic carbocycles. The lowest BCUT2D eigenvalue weighted by Gasteiger charge is -2.31. The highest BCUT2D eigenvalue weighted by atomic mass is 35.5. The molecule has 3 heterocycles. The average molecular weight is 452 g/mol. The van der Waals surface area contributed by atoms with Gasteiger partial charge in [-0.1, -0.05) is 17.7 Å². The average Bonchev–Trinajstić information content (AvgIpc) is 3.07. The monoisotopic (exact) mass is 451 g/mol. The first-order valence-corrected chi connectivity index (χ1v) is 11.0. The van der Waals surface area contributed by atoms with Crippen LogP contribution in [0, 0.1) is 5.82 Å². The maximum atomic E-state index is 15.3. The van der Waals surface area contributed by atoms with Gasteiger partial charge >= 0.3 is 10.2 Å². The fourth-order valence-corrected chi connectivity index (χ4v) is 4.77. The lowest BCUT2D eigenvalue weighted by molar-refractivity contribution is 0.112. The number of pyridine rings is 1. The van der Waals surface area contributed by atoms with Gasteiger partial charge in [0.25, 0.3) is 0 Å². The minimum atomic E-state index is -3.91. The number of rotatable bonds is 5. The Kier molecular flexibility index (Phi) is 5.49. The number of anilines is 1. The minimum Gasteiger partial charge on any atom is -0.304 e. The Morgan fingerprint density at radius 1 is 1.23 bits per heavy atom. The molecule has 1 N–H and O–H groups in total. The van der Waals surface area contributed by atoms with Crippen molar-refractivity contribution in [3.63, 3.8) is 0 Å². The Morgan fingerprint density at radius 3 is 2.67 bits per heavy atom. The highest BCUT2D eigenvalue weighted by Crippen LogP contribution is 2.29. The van der Waals surface area contributed by atoms with Crippen molar-refractivity contribution in [3.8, 4) is 5.69 Å². The number of carbonyl (C=O) groups excluding carboxylic acids is 1. The lowest BCUT2D eigenvalue weighted by atomic mass is 10.2. The predicted octanol–water partition coefficient (Wildman–Crippen LogP) is 2.53. The van der Waals surface area contributed by atoms with Gasteiger partial charge in [-0.3, -0.25) is 14.1 Å². The summed E-state index contributed by atoms with van der Waals surface area (Å²) in [4.78, 5) is 17.7. The zero-order chi connectivity index (χ0) is 21.5. The van der Waals surface area contributed by atoms with E-state index in [1.165, 1.54) is 39.5 Å². The van der Waals surface area contributed by atoms with Crippen molar-refractivity contribution >= 4 is 44.8 Å². The molecule has 0 radical (unpaired) electrons. The van der Waals surface area contributed by atoms with Crippen molar-refractivity contribution in [2.75, 3.05) is 37.9 Å². The third-order valence-corrected chi connectivity index (χ3v) is 6.78. The summed E-state index contributed by atoms with van der Waals surface area (Å²) in [6.45, 7) is 1.84. The molecule has 0 bridgehead atoms. The number of halogens is 2. The second-order valence-electron chi connectivity index (χ2n) is 7.05. The van der Waals surface area contributed by atoms with Crippen molar-refractivity contribution in [1.82, 2.24) is 18.8 Å². The quantitative estimate of drug-likeness (QED) is 0.602. The van der Waals surface area contributed by atoms with E-state index in [9.17, 15) is 13.2 Å². The predicted molar refractivity (Wildman–Crippen MR) is 113 cm³/mol. The van der Waals surface area contributed by atoms with Gasteiger partial charge in [0.15, 0.2) is 12.1 Å². The molecule has 0 spiro atoms. The summed E-state index contributed by atoms with van der Waals surface area (Å²) < 4.78 is 45.8. The number of fused-ring (bicyclic) bond motifs is 1. The van der Waals surface area contributed by atoms with Crippen LogP contribution in [0.25, 0.3) is 16.7 Å². The molecular weight excluding hydrogens is 433 g/mol. The summed E-state index contributed by atoms with van der Waals surface area (Å²) in [5, 5.41) is 0.817. The van der Waals surface area contributed by atoms with Gasteiger partial charge in [0.1, 0.15) is 5.65 Å². The molecule has 1 saturated heterocycles. The molecule has 1 fully saturated rings. The number of aromatic nitrogens is 2. The van der Waals surface area contributed by atoms with E-state index in [1.807, 2.05) is 11.9 Å². The highest BCUT2D eigenvalue weighted by molar-refractivity contribution is 7.90. The van der Waals surface area contributed by atoms with Gasteiger partial charge in [0.2, 0.25) is 0 Å². The Morgan fingerprint density at radius 2 is 1.97 bits per heavy atom. The molecule has 2 aromatic heterocycles. The second kappa shape index (κ2) is 7.95. The van der Waals surface area contributed by atoms with Gasteiger partial charge in [0.05, 0.1) is 16.4 Å². The van der Waals surface area contributed by atoms with Gasteiger partial charge in [0, 0.05) is 49.5 Å². The van der Waals surface area contributed by atoms with Gasteiger partial charge in [-0.15, -0.1) is 0 Å². The number of hydrogen-bond donors (Lipinski definition) is 1. The Labute approximate surface area is 178 Å². The molecular formula is C19H19ClFN5O3S. The number of nitrogens with zero attached hydrogens (tertiary/aromatic N) is 4. The van der Waals surface area contributed by atoms with Gasteiger partial charge in [-0.25, -0.2) is 9.37 Å². The summed E-state index contributed by atoms with van der Waals surface area (Å²) in [6.07, 6.45) is 3.47. The summed E-state index contributed by atoms with van der Waals surface area (Å²) in [5.74, 6) is -0.777. The van der Waals surface area contributed by atoms with Crippen molar-refractivity contribution in [2.24, 2.45) is 0 Å². The van der Waals surface area contributed by atoms with E-state index >= 15 is 4.39 Å². The Hall–Kier alpha value is -2.53. The summed E-state index contributed by atoms with van der Waals surface area (Å²) in [6, 6.07) is 5.93. The van der Waals surface area contributed by atoms with Crippen LogP contribution in [0.3, 0.4) is 0 Å². The summed E-state index contributed by atoms with van der Waals surface area (Å²) in [5.41, 5.74) is 0.499. The van der Waals surface area contributed by atoms with Gasteiger partial charge < -0.3 is 4.90 Å². The van der Waals surface area contributed by atoms with E-state index in [2.05, 4.69) is 9.71 Å². The second-order valence-corrected chi connectivity index (χ2v) is 9.15. The van der Waals surface area contributed by atoms with E-state index in [4.69, 9.17) is 11.6 Å². The number of hydrogen-bond acceptors (Lipinski definition) is 5. The van der Waals surface area contributed by atoms with E-state index in [0.29, 0.717) is 54.1 Å². The number of aldehydes is 1. The summed E-state index contributed by atoms with van der Waals surface area (Å²) in [7, 11) is -2.00. The van der Waals surface area contributed by atoms with E-state index in [1.54, 1.807) is 6.07 Å². The van der Waals surface area contributed by atoms with Crippen molar-refractivity contribution in [1.29, 1.82) is 0 Å². The zero-order valence-electron chi connectivity index (χ0n) is 16.0. The molecule has 4 rings (SSSR count). The van der Waals surface area contributed by atoms with Crippen LogP contribution >= 0.6 is 11.6 Å². The van der Waals surface area contributed by atoms with E-state index < -0.39 is 16.0 Å². The smallest absolute Gasteiger partial charge is 0.301 e. The molecule has 0 atom stereocenters. The molecule has 0 unspecified atom stereocenters. The first kappa shape index (κ1) is 20.7. The Bertz CT molecular complexity index is 1220. The van der Waals surface area contributed by atoms with Crippen LogP contribution < -0.4 is 4.72 Å². The molecule has 1 aliphatic rings. The van der Waals surface area contributed by atoms with Crippen LogP contribution in [-0.4, -0.2) is 66.7 Å². The van der Waals surface area contributed by atoms with Crippen LogP contribution in [0.5, 0.6) is 0 Å². The Balaban J connectivity index is 1.72. The number of nitrogens with one attached hydrogen (secondary N) is 1. The van der Waals surface area contributed by atoms with E-state index in [-0.39, 0.29) is 11.4 Å². The number of carbonyl (C=O) groups is 1. The molecule has 0 saturated carbocycles. The lowest BCUT2D eigenvalue weighted by Crippen LogP contribution is -2.48. The van der Waals surface area contributed by atoms with Crippen LogP contribution in [-0.2, 0) is 10.2 Å². The SMILES string of the molecule is CN1CCN(S(=O)(=O)Nc2cccc(-n3cc(C=O)c4cc(Cl)cnc43)c2F)CC1.